The largest absolute Gasteiger partial charge is 0.394 e. The molecular formula is C13H20ClN3O2. The molecule has 0 aliphatic heterocycles. The lowest BCUT2D eigenvalue weighted by atomic mass is 9.87. The molecule has 0 radical (unpaired) electrons. The minimum atomic E-state index is -0.364. The highest BCUT2D eigenvalue weighted by atomic mass is 35.5. The van der Waals surface area contributed by atoms with E-state index in [9.17, 15) is 4.79 Å². The molecule has 19 heavy (non-hydrogen) atoms. The standard InChI is InChI=1S/C13H20ClN3O2/c1-13(2)5-3-4-10(13)16-9-8-15-17(6-7-18)12(19)11(9)14/h8,10,16,18H,3-7H2,1-2H3. The fourth-order valence-electron chi connectivity index (χ4n) is 2.60. The quantitative estimate of drug-likeness (QED) is 0.886. The molecular weight excluding hydrogens is 266 g/mol. The zero-order valence-electron chi connectivity index (χ0n) is 11.3. The fraction of sp³-hybridized carbons (Fsp3) is 0.692. The Labute approximate surface area is 117 Å². The lowest BCUT2D eigenvalue weighted by molar-refractivity contribution is 0.266. The van der Waals surface area contributed by atoms with Crippen molar-refractivity contribution in [3.05, 3.63) is 21.6 Å². The molecule has 0 aromatic carbocycles. The fourth-order valence-corrected chi connectivity index (χ4v) is 2.80. The van der Waals surface area contributed by atoms with Crippen molar-refractivity contribution in [1.82, 2.24) is 9.78 Å². The van der Waals surface area contributed by atoms with E-state index in [4.69, 9.17) is 16.7 Å². The molecule has 0 saturated heterocycles. The second-order valence-corrected chi connectivity index (χ2v) is 6.08. The van der Waals surface area contributed by atoms with Crippen molar-refractivity contribution in [2.75, 3.05) is 11.9 Å². The number of aliphatic hydroxyl groups is 1. The van der Waals surface area contributed by atoms with Crippen molar-refractivity contribution in [2.24, 2.45) is 5.41 Å². The van der Waals surface area contributed by atoms with Crippen LogP contribution < -0.4 is 10.9 Å². The Morgan fingerprint density at radius 2 is 2.37 bits per heavy atom. The Kier molecular flexibility index (Phi) is 4.16. The number of hydrogen-bond donors (Lipinski definition) is 2. The first-order chi connectivity index (χ1) is 8.95. The Balaban J connectivity index is 2.22. The number of rotatable bonds is 4. The molecule has 1 fully saturated rings. The minimum Gasteiger partial charge on any atom is -0.394 e. The number of aliphatic hydroxyl groups excluding tert-OH is 1. The van der Waals surface area contributed by atoms with E-state index in [1.165, 1.54) is 11.1 Å². The van der Waals surface area contributed by atoms with Gasteiger partial charge in [0.1, 0.15) is 5.02 Å². The van der Waals surface area contributed by atoms with Crippen LogP contribution in [0.3, 0.4) is 0 Å². The Morgan fingerprint density at radius 3 is 2.95 bits per heavy atom. The average Bonchev–Trinajstić information content (AvgIpc) is 2.68. The van der Waals surface area contributed by atoms with Crippen LogP contribution in [0.25, 0.3) is 0 Å². The third-order valence-electron chi connectivity index (χ3n) is 3.88. The molecule has 0 amide bonds. The highest BCUT2D eigenvalue weighted by Gasteiger charge is 2.34. The summed E-state index contributed by atoms with van der Waals surface area (Å²) < 4.78 is 1.17. The lowest BCUT2D eigenvalue weighted by Crippen LogP contribution is -2.33. The molecule has 0 bridgehead atoms. The first kappa shape index (κ1) is 14.3. The molecule has 106 valence electrons. The van der Waals surface area contributed by atoms with E-state index >= 15 is 0 Å². The highest BCUT2D eigenvalue weighted by Crippen LogP contribution is 2.39. The number of aromatic nitrogens is 2. The number of halogens is 1. The zero-order valence-corrected chi connectivity index (χ0v) is 12.1. The molecule has 2 rings (SSSR count). The van der Waals surface area contributed by atoms with Gasteiger partial charge in [-0.1, -0.05) is 31.9 Å². The summed E-state index contributed by atoms with van der Waals surface area (Å²) in [6.07, 6.45) is 4.98. The SMILES string of the molecule is CC1(C)CCCC1Nc1cnn(CCO)c(=O)c1Cl. The summed E-state index contributed by atoms with van der Waals surface area (Å²) in [7, 11) is 0. The zero-order chi connectivity index (χ0) is 14.0. The van der Waals surface area contributed by atoms with Crippen molar-refractivity contribution >= 4 is 17.3 Å². The second kappa shape index (κ2) is 5.51. The molecule has 1 atom stereocenters. The predicted molar refractivity (Wildman–Crippen MR) is 75.6 cm³/mol. The van der Waals surface area contributed by atoms with Crippen LogP contribution in [-0.4, -0.2) is 27.5 Å². The van der Waals surface area contributed by atoms with Gasteiger partial charge in [0, 0.05) is 6.04 Å². The molecule has 6 heteroatoms. The number of nitrogens with one attached hydrogen (secondary N) is 1. The molecule has 5 nitrogen and oxygen atoms in total. The van der Waals surface area contributed by atoms with Gasteiger partial charge in [-0.3, -0.25) is 4.79 Å². The normalized spacial score (nSPS) is 21.6. The number of nitrogens with zero attached hydrogens (tertiary/aromatic N) is 2. The highest BCUT2D eigenvalue weighted by molar-refractivity contribution is 6.32. The first-order valence-electron chi connectivity index (χ1n) is 6.59. The summed E-state index contributed by atoms with van der Waals surface area (Å²) in [5.41, 5.74) is 0.417. The van der Waals surface area contributed by atoms with Gasteiger partial charge in [-0.05, 0) is 18.3 Å². The summed E-state index contributed by atoms with van der Waals surface area (Å²) in [6, 6.07) is 0.305. The first-order valence-corrected chi connectivity index (χ1v) is 6.96. The van der Waals surface area contributed by atoms with Crippen LogP contribution >= 0.6 is 11.6 Å². The van der Waals surface area contributed by atoms with Crippen molar-refractivity contribution < 1.29 is 5.11 Å². The monoisotopic (exact) mass is 285 g/mol. The molecule has 1 aromatic rings. The van der Waals surface area contributed by atoms with E-state index in [1.807, 2.05) is 0 Å². The van der Waals surface area contributed by atoms with Crippen LogP contribution in [-0.2, 0) is 6.54 Å². The molecule has 1 unspecified atom stereocenters. The van der Waals surface area contributed by atoms with Gasteiger partial charge < -0.3 is 10.4 Å². The summed E-state index contributed by atoms with van der Waals surface area (Å²) in [5.74, 6) is 0. The van der Waals surface area contributed by atoms with Crippen LogP contribution in [0.1, 0.15) is 33.1 Å². The topological polar surface area (TPSA) is 67.2 Å². The van der Waals surface area contributed by atoms with E-state index in [1.54, 1.807) is 6.20 Å². The summed E-state index contributed by atoms with van der Waals surface area (Å²) in [4.78, 5) is 11.9. The van der Waals surface area contributed by atoms with Gasteiger partial charge >= 0.3 is 0 Å². The number of hydrogen-bond acceptors (Lipinski definition) is 4. The van der Waals surface area contributed by atoms with Gasteiger partial charge in [-0.2, -0.15) is 5.10 Å². The summed E-state index contributed by atoms with van der Waals surface area (Å²) >= 11 is 6.09. The average molecular weight is 286 g/mol. The third-order valence-corrected chi connectivity index (χ3v) is 4.25. The van der Waals surface area contributed by atoms with Gasteiger partial charge in [-0.15, -0.1) is 0 Å². The maximum Gasteiger partial charge on any atom is 0.287 e. The van der Waals surface area contributed by atoms with Crippen molar-refractivity contribution in [2.45, 2.75) is 45.7 Å². The summed E-state index contributed by atoms with van der Waals surface area (Å²) in [5, 5.41) is 16.3. The Morgan fingerprint density at radius 1 is 1.63 bits per heavy atom. The molecule has 1 aromatic heterocycles. The van der Waals surface area contributed by atoms with E-state index < -0.39 is 0 Å². The van der Waals surface area contributed by atoms with Crippen LogP contribution in [0.4, 0.5) is 5.69 Å². The van der Waals surface area contributed by atoms with Crippen LogP contribution in [0.5, 0.6) is 0 Å². The maximum absolute atomic E-state index is 11.9. The number of anilines is 1. The van der Waals surface area contributed by atoms with Crippen molar-refractivity contribution in [1.29, 1.82) is 0 Å². The van der Waals surface area contributed by atoms with Crippen molar-refractivity contribution in [3.63, 3.8) is 0 Å². The van der Waals surface area contributed by atoms with Gasteiger partial charge in [-0.25, -0.2) is 4.68 Å². The smallest absolute Gasteiger partial charge is 0.287 e. The molecule has 0 spiro atoms. The van der Waals surface area contributed by atoms with E-state index in [0.29, 0.717) is 11.7 Å². The molecule has 1 heterocycles. The predicted octanol–water partition coefficient (Wildman–Crippen LogP) is 1.88. The van der Waals surface area contributed by atoms with Gasteiger partial charge in [0.05, 0.1) is 25.0 Å². The Bertz CT molecular complexity index is 513. The Hall–Kier alpha value is -1.07. The molecule has 1 saturated carbocycles. The van der Waals surface area contributed by atoms with Crippen LogP contribution in [0, 0.1) is 5.41 Å². The van der Waals surface area contributed by atoms with E-state index in [-0.39, 0.29) is 29.1 Å². The maximum atomic E-state index is 11.9. The van der Waals surface area contributed by atoms with Crippen LogP contribution in [0.2, 0.25) is 5.02 Å². The summed E-state index contributed by atoms with van der Waals surface area (Å²) in [6.45, 7) is 4.46. The van der Waals surface area contributed by atoms with Crippen molar-refractivity contribution in [3.8, 4) is 0 Å². The molecule has 2 N–H and O–H groups in total. The lowest BCUT2D eigenvalue weighted by Gasteiger charge is -2.28. The van der Waals surface area contributed by atoms with E-state index in [0.717, 1.165) is 12.8 Å². The molecule has 1 aliphatic carbocycles. The van der Waals surface area contributed by atoms with Gasteiger partial charge in [0.25, 0.3) is 5.56 Å². The van der Waals surface area contributed by atoms with E-state index in [2.05, 4.69) is 24.3 Å². The molecule has 1 aliphatic rings. The third kappa shape index (κ3) is 2.92. The van der Waals surface area contributed by atoms with Gasteiger partial charge in [0.15, 0.2) is 0 Å². The van der Waals surface area contributed by atoms with Crippen LogP contribution in [0.15, 0.2) is 11.0 Å². The second-order valence-electron chi connectivity index (χ2n) is 5.70. The van der Waals surface area contributed by atoms with Gasteiger partial charge in [0.2, 0.25) is 0 Å². The minimum absolute atomic E-state index is 0.133.